The Kier molecular flexibility index (Phi) is 3.47. The van der Waals surface area contributed by atoms with Crippen LogP contribution in [0.4, 0.5) is 4.39 Å². The van der Waals surface area contributed by atoms with E-state index in [1.54, 1.807) is 0 Å². The van der Waals surface area contributed by atoms with E-state index in [1.165, 1.54) is 7.11 Å². The molecule has 0 aromatic rings. The standard InChI is InChI=1S/C8H13FO3/c1-11-8(10)4-6-5-12-3-2-7(6)9/h6-7H,2-5H2,1H3/t6-,7-/m1/s1. The first-order valence-corrected chi connectivity index (χ1v) is 4.02. The molecule has 1 aliphatic heterocycles. The predicted octanol–water partition coefficient (Wildman–Crippen LogP) is 0.924. The van der Waals surface area contributed by atoms with Gasteiger partial charge in [0.25, 0.3) is 0 Å². The van der Waals surface area contributed by atoms with Gasteiger partial charge in [-0.15, -0.1) is 0 Å². The van der Waals surface area contributed by atoms with Crippen molar-refractivity contribution in [3.05, 3.63) is 0 Å². The van der Waals surface area contributed by atoms with Gasteiger partial charge in [0, 0.05) is 18.9 Å². The third-order valence-corrected chi connectivity index (χ3v) is 2.04. The van der Waals surface area contributed by atoms with Gasteiger partial charge < -0.3 is 9.47 Å². The molecular formula is C8H13FO3. The highest BCUT2D eigenvalue weighted by atomic mass is 19.1. The lowest BCUT2D eigenvalue weighted by atomic mass is 9.97. The Bertz CT molecular complexity index is 160. The fraction of sp³-hybridized carbons (Fsp3) is 0.875. The largest absolute Gasteiger partial charge is 0.469 e. The molecule has 0 bridgehead atoms. The minimum Gasteiger partial charge on any atom is -0.469 e. The highest BCUT2D eigenvalue weighted by Gasteiger charge is 2.27. The maximum absolute atomic E-state index is 13.1. The van der Waals surface area contributed by atoms with E-state index in [0.29, 0.717) is 19.6 Å². The van der Waals surface area contributed by atoms with Gasteiger partial charge in [0.15, 0.2) is 0 Å². The number of carbonyl (C=O) groups excluding carboxylic acids is 1. The van der Waals surface area contributed by atoms with Gasteiger partial charge in [-0.2, -0.15) is 0 Å². The Balaban J connectivity index is 2.33. The molecule has 0 aromatic heterocycles. The molecule has 3 nitrogen and oxygen atoms in total. The van der Waals surface area contributed by atoms with E-state index in [1.807, 2.05) is 0 Å². The van der Waals surface area contributed by atoms with Crippen molar-refractivity contribution in [2.24, 2.45) is 5.92 Å². The van der Waals surface area contributed by atoms with Gasteiger partial charge in [0.05, 0.1) is 20.1 Å². The minimum atomic E-state index is -0.919. The number of rotatable bonds is 2. The van der Waals surface area contributed by atoms with Crippen molar-refractivity contribution in [1.29, 1.82) is 0 Å². The highest BCUT2D eigenvalue weighted by molar-refractivity contribution is 5.69. The van der Waals surface area contributed by atoms with Crippen LogP contribution in [0.25, 0.3) is 0 Å². The molecule has 1 aliphatic rings. The van der Waals surface area contributed by atoms with Crippen LogP contribution in [0.5, 0.6) is 0 Å². The van der Waals surface area contributed by atoms with Gasteiger partial charge in [-0.1, -0.05) is 0 Å². The van der Waals surface area contributed by atoms with Crippen LogP contribution >= 0.6 is 0 Å². The summed E-state index contributed by atoms with van der Waals surface area (Å²) in [6, 6.07) is 0. The zero-order valence-corrected chi connectivity index (χ0v) is 7.09. The Morgan fingerprint density at radius 3 is 3.08 bits per heavy atom. The van der Waals surface area contributed by atoms with E-state index in [2.05, 4.69) is 4.74 Å². The lowest BCUT2D eigenvalue weighted by molar-refractivity contribution is -0.144. The number of carbonyl (C=O) groups is 1. The van der Waals surface area contributed by atoms with Crippen LogP contribution in [-0.2, 0) is 14.3 Å². The normalized spacial score (nSPS) is 29.8. The first-order chi connectivity index (χ1) is 5.74. The second-order valence-electron chi connectivity index (χ2n) is 2.92. The van der Waals surface area contributed by atoms with Crippen molar-refractivity contribution >= 4 is 5.97 Å². The Hall–Kier alpha value is -0.640. The maximum atomic E-state index is 13.1. The quantitative estimate of drug-likeness (QED) is 0.587. The SMILES string of the molecule is COC(=O)C[C@@H]1COCC[C@H]1F. The molecule has 0 aliphatic carbocycles. The van der Waals surface area contributed by atoms with Gasteiger partial charge >= 0.3 is 5.97 Å². The van der Waals surface area contributed by atoms with Crippen molar-refractivity contribution in [3.63, 3.8) is 0 Å². The fourth-order valence-electron chi connectivity index (χ4n) is 1.25. The number of hydrogen-bond acceptors (Lipinski definition) is 3. The molecule has 1 saturated heterocycles. The number of alkyl halides is 1. The lowest BCUT2D eigenvalue weighted by Gasteiger charge is -2.24. The van der Waals surface area contributed by atoms with Crippen LogP contribution in [0.15, 0.2) is 0 Å². The summed E-state index contributed by atoms with van der Waals surface area (Å²) >= 11 is 0. The molecule has 1 heterocycles. The zero-order valence-electron chi connectivity index (χ0n) is 7.09. The van der Waals surface area contributed by atoms with Crippen LogP contribution in [0.1, 0.15) is 12.8 Å². The van der Waals surface area contributed by atoms with Crippen molar-refractivity contribution in [2.75, 3.05) is 20.3 Å². The minimum absolute atomic E-state index is 0.123. The lowest BCUT2D eigenvalue weighted by Crippen LogP contribution is -2.30. The van der Waals surface area contributed by atoms with Crippen molar-refractivity contribution in [1.82, 2.24) is 0 Å². The Morgan fingerprint density at radius 2 is 2.50 bits per heavy atom. The third-order valence-electron chi connectivity index (χ3n) is 2.04. The van der Waals surface area contributed by atoms with Gasteiger partial charge in [-0.25, -0.2) is 4.39 Å². The number of halogens is 1. The van der Waals surface area contributed by atoms with Gasteiger partial charge in [0.1, 0.15) is 6.17 Å². The molecule has 0 radical (unpaired) electrons. The van der Waals surface area contributed by atoms with Crippen LogP contribution in [0, 0.1) is 5.92 Å². The molecule has 0 spiro atoms. The van der Waals surface area contributed by atoms with E-state index < -0.39 is 6.17 Å². The highest BCUT2D eigenvalue weighted by Crippen LogP contribution is 2.21. The molecule has 1 rings (SSSR count). The first kappa shape index (κ1) is 9.45. The van der Waals surface area contributed by atoms with Crippen molar-refractivity contribution < 1.29 is 18.7 Å². The zero-order chi connectivity index (χ0) is 8.97. The molecular weight excluding hydrogens is 163 g/mol. The Morgan fingerprint density at radius 1 is 1.75 bits per heavy atom. The van der Waals surface area contributed by atoms with Gasteiger partial charge in [0.2, 0.25) is 0 Å². The molecule has 4 heteroatoms. The van der Waals surface area contributed by atoms with Crippen molar-refractivity contribution in [3.8, 4) is 0 Å². The predicted molar refractivity (Wildman–Crippen MR) is 40.5 cm³/mol. The molecule has 0 amide bonds. The molecule has 0 saturated carbocycles. The molecule has 0 N–H and O–H groups in total. The fourth-order valence-corrected chi connectivity index (χ4v) is 1.25. The summed E-state index contributed by atoms with van der Waals surface area (Å²) in [5.74, 6) is -0.681. The number of methoxy groups -OCH3 is 1. The molecule has 70 valence electrons. The van der Waals surface area contributed by atoms with Crippen molar-refractivity contribution in [2.45, 2.75) is 19.0 Å². The molecule has 0 unspecified atom stereocenters. The molecule has 2 atom stereocenters. The second-order valence-corrected chi connectivity index (χ2v) is 2.92. The van der Waals surface area contributed by atoms with Crippen LogP contribution in [0.3, 0.4) is 0 Å². The average molecular weight is 176 g/mol. The topological polar surface area (TPSA) is 35.5 Å². The van der Waals surface area contributed by atoms with E-state index in [-0.39, 0.29) is 18.3 Å². The van der Waals surface area contributed by atoms with E-state index in [0.717, 1.165) is 0 Å². The van der Waals surface area contributed by atoms with Gasteiger partial charge in [-0.3, -0.25) is 4.79 Å². The summed E-state index contributed by atoms with van der Waals surface area (Å²) in [6.07, 6.45) is -0.405. The monoisotopic (exact) mass is 176 g/mol. The second kappa shape index (κ2) is 4.40. The van der Waals surface area contributed by atoms with Crippen LogP contribution < -0.4 is 0 Å². The summed E-state index contributed by atoms with van der Waals surface area (Å²) in [4.78, 5) is 10.8. The molecule has 1 fully saturated rings. The van der Waals surface area contributed by atoms with Crippen LogP contribution in [-0.4, -0.2) is 32.5 Å². The van der Waals surface area contributed by atoms with E-state index in [9.17, 15) is 9.18 Å². The molecule has 12 heavy (non-hydrogen) atoms. The summed E-state index contributed by atoms with van der Waals surface area (Å²) in [6.45, 7) is 0.787. The average Bonchev–Trinajstić information content (AvgIpc) is 2.09. The van der Waals surface area contributed by atoms with Gasteiger partial charge in [-0.05, 0) is 0 Å². The summed E-state index contributed by atoms with van der Waals surface area (Å²) < 4.78 is 22.5. The smallest absolute Gasteiger partial charge is 0.305 e. The maximum Gasteiger partial charge on any atom is 0.305 e. The summed E-state index contributed by atoms with van der Waals surface area (Å²) in [5, 5.41) is 0. The van der Waals surface area contributed by atoms with Crippen LogP contribution in [0.2, 0.25) is 0 Å². The summed E-state index contributed by atoms with van der Waals surface area (Å²) in [7, 11) is 1.30. The van der Waals surface area contributed by atoms with E-state index >= 15 is 0 Å². The Labute approximate surface area is 70.8 Å². The number of ether oxygens (including phenoxy) is 2. The first-order valence-electron chi connectivity index (χ1n) is 4.02. The number of hydrogen-bond donors (Lipinski definition) is 0. The summed E-state index contributed by atoms with van der Waals surface area (Å²) in [5.41, 5.74) is 0. The van der Waals surface area contributed by atoms with E-state index in [4.69, 9.17) is 4.74 Å². The molecule has 0 aromatic carbocycles. The number of esters is 1. The third kappa shape index (κ3) is 2.44.